The normalized spacial score (nSPS) is 19.0. The van der Waals surface area contributed by atoms with Crippen LogP contribution in [0.5, 0.6) is 0 Å². The standard InChI is InChI=1S/C16H25ClN4O2/c1-11(2)14(22)5-8-19-16(23)20-12-6-9-21(10-12)15-13(17)4-3-7-18-15/h3-4,7,11-12,14,22H,5-6,8-10H2,1-2H3,(H2,19,20,23). The van der Waals surface area contributed by atoms with Crippen molar-refractivity contribution in [1.82, 2.24) is 15.6 Å². The van der Waals surface area contributed by atoms with E-state index in [9.17, 15) is 9.90 Å². The molecule has 2 unspecified atom stereocenters. The van der Waals surface area contributed by atoms with E-state index < -0.39 is 0 Å². The summed E-state index contributed by atoms with van der Waals surface area (Å²) in [4.78, 5) is 18.3. The Kier molecular flexibility index (Phi) is 6.47. The third-order valence-corrected chi connectivity index (χ3v) is 4.35. The molecule has 2 atom stereocenters. The van der Waals surface area contributed by atoms with Gasteiger partial charge in [0.15, 0.2) is 0 Å². The smallest absolute Gasteiger partial charge is 0.315 e. The van der Waals surface area contributed by atoms with Crippen LogP contribution in [0.1, 0.15) is 26.7 Å². The van der Waals surface area contributed by atoms with Crippen molar-refractivity contribution >= 4 is 23.4 Å². The molecule has 0 bridgehead atoms. The fraction of sp³-hybridized carbons (Fsp3) is 0.625. The average Bonchev–Trinajstić information content (AvgIpc) is 2.95. The Morgan fingerprint density at radius 1 is 1.57 bits per heavy atom. The van der Waals surface area contributed by atoms with Crippen molar-refractivity contribution in [2.75, 3.05) is 24.5 Å². The topological polar surface area (TPSA) is 77.5 Å². The molecule has 1 aromatic rings. The Bertz CT molecular complexity index is 527. The monoisotopic (exact) mass is 340 g/mol. The van der Waals surface area contributed by atoms with Crippen LogP contribution >= 0.6 is 11.6 Å². The maximum Gasteiger partial charge on any atom is 0.315 e. The summed E-state index contributed by atoms with van der Waals surface area (Å²) in [6.07, 6.45) is 2.75. The molecule has 2 rings (SSSR count). The lowest BCUT2D eigenvalue weighted by atomic mass is 10.0. The van der Waals surface area contributed by atoms with Gasteiger partial charge in [-0.25, -0.2) is 9.78 Å². The largest absolute Gasteiger partial charge is 0.393 e. The first-order chi connectivity index (χ1) is 11.0. The van der Waals surface area contributed by atoms with E-state index in [0.717, 1.165) is 18.8 Å². The number of carbonyl (C=O) groups excluding carboxylic acids is 1. The van der Waals surface area contributed by atoms with Crippen molar-refractivity contribution in [3.63, 3.8) is 0 Å². The van der Waals surface area contributed by atoms with Gasteiger partial charge in [0.1, 0.15) is 5.82 Å². The van der Waals surface area contributed by atoms with E-state index in [1.165, 1.54) is 0 Å². The number of amides is 2. The van der Waals surface area contributed by atoms with E-state index in [0.29, 0.717) is 24.5 Å². The average molecular weight is 341 g/mol. The molecule has 2 amide bonds. The number of hydrogen-bond acceptors (Lipinski definition) is 4. The minimum atomic E-state index is -0.386. The molecule has 1 aromatic heterocycles. The van der Waals surface area contributed by atoms with Gasteiger partial charge in [0, 0.05) is 31.9 Å². The minimum Gasteiger partial charge on any atom is -0.393 e. The third kappa shape index (κ3) is 5.25. The van der Waals surface area contributed by atoms with Crippen LogP contribution < -0.4 is 15.5 Å². The zero-order valence-corrected chi connectivity index (χ0v) is 14.4. The van der Waals surface area contributed by atoms with Gasteiger partial charge in [-0.15, -0.1) is 0 Å². The molecule has 2 heterocycles. The molecule has 128 valence electrons. The minimum absolute atomic E-state index is 0.0723. The number of anilines is 1. The lowest BCUT2D eigenvalue weighted by molar-refractivity contribution is 0.116. The second kappa shape index (κ2) is 8.36. The number of aliphatic hydroxyl groups is 1. The van der Waals surface area contributed by atoms with Crippen LogP contribution in [0.2, 0.25) is 5.02 Å². The Labute approximate surface area is 142 Å². The van der Waals surface area contributed by atoms with Gasteiger partial charge < -0.3 is 20.6 Å². The molecule has 1 fully saturated rings. The van der Waals surface area contributed by atoms with E-state index in [1.807, 2.05) is 19.9 Å². The van der Waals surface area contributed by atoms with Gasteiger partial charge in [-0.1, -0.05) is 25.4 Å². The number of urea groups is 1. The number of aliphatic hydroxyl groups excluding tert-OH is 1. The summed E-state index contributed by atoms with van der Waals surface area (Å²) in [6.45, 7) is 5.89. The fourth-order valence-electron chi connectivity index (χ4n) is 2.58. The van der Waals surface area contributed by atoms with Gasteiger partial charge in [0.05, 0.1) is 11.1 Å². The number of pyridine rings is 1. The number of halogens is 1. The molecule has 3 N–H and O–H groups in total. The van der Waals surface area contributed by atoms with E-state index >= 15 is 0 Å². The van der Waals surface area contributed by atoms with E-state index in [2.05, 4.69) is 20.5 Å². The number of rotatable bonds is 6. The number of carbonyl (C=O) groups is 1. The number of hydrogen-bond donors (Lipinski definition) is 3. The summed E-state index contributed by atoms with van der Waals surface area (Å²) in [6, 6.07) is 3.50. The quantitative estimate of drug-likeness (QED) is 0.740. The maximum atomic E-state index is 11.9. The second-order valence-corrected chi connectivity index (χ2v) is 6.65. The highest BCUT2D eigenvalue weighted by Gasteiger charge is 2.25. The highest BCUT2D eigenvalue weighted by atomic mass is 35.5. The first-order valence-electron chi connectivity index (χ1n) is 8.05. The number of nitrogens with zero attached hydrogens (tertiary/aromatic N) is 2. The third-order valence-electron chi connectivity index (χ3n) is 4.06. The van der Waals surface area contributed by atoms with Crippen LogP contribution in [0.3, 0.4) is 0 Å². The van der Waals surface area contributed by atoms with Crippen molar-refractivity contribution in [2.45, 2.75) is 38.8 Å². The number of nitrogens with one attached hydrogen (secondary N) is 2. The molecular weight excluding hydrogens is 316 g/mol. The van der Waals surface area contributed by atoms with Gasteiger partial charge in [-0.05, 0) is 30.9 Å². The summed E-state index contributed by atoms with van der Waals surface area (Å²) in [5, 5.41) is 16.1. The molecule has 1 saturated heterocycles. The molecular formula is C16H25ClN4O2. The molecule has 0 spiro atoms. The molecule has 0 radical (unpaired) electrons. The maximum absolute atomic E-state index is 11.9. The predicted octanol–water partition coefficient (Wildman–Crippen LogP) is 2.02. The molecule has 0 saturated carbocycles. The first-order valence-corrected chi connectivity index (χ1v) is 8.43. The Morgan fingerprint density at radius 3 is 3.04 bits per heavy atom. The zero-order chi connectivity index (χ0) is 16.8. The molecule has 7 heteroatoms. The van der Waals surface area contributed by atoms with Gasteiger partial charge in [-0.2, -0.15) is 0 Å². The van der Waals surface area contributed by atoms with Gasteiger partial charge in [-0.3, -0.25) is 0 Å². The predicted molar refractivity (Wildman–Crippen MR) is 91.9 cm³/mol. The highest BCUT2D eigenvalue weighted by Crippen LogP contribution is 2.25. The van der Waals surface area contributed by atoms with Crippen molar-refractivity contribution < 1.29 is 9.90 Å². The number of aromatic nitrogens is 1. The van der Waals surface area contributed by atoms with E-state index in [4.69, 9.17) is 11.6 Å². The Balaban J connectivity index is 1.73. The summed E-state index contributed by atoms with van der Waals surface area (Å²) in [7, 11) is 0. The summed E-state index contributed by atoms with van der Waals surface area (Å²) < 4.78 is 0. The van der Waals surface area contributed by atoms with Crippen molar-refractivity contribution in [1.29, 1.82) is 0 Å². The summed E-state index contributed by atoms with van der Waals surface area (Å²) in [5.74, 6) is 0.963. The van der Waals surface area contributed by atoms with Crippen LogP contribution in [-0.2, 0) is 0 Å². The fourth-order valence-corrected chi connectivity index (χ4v) is 2.82. The lowest BCUT2D eigenvalue weighted by Gasteiger charge is -2.19. The van der Waals surface area contributed by atoms with Crippen LogP contribution in [0, 0.1) is 5.92 Å². The first kappa shape index (κ1) is 17.8. The molecule has 0 aromatic carbocycles. The van der Waals surface area contributed by atoms with Crippen LogP contribution in [0.25, 0.3) is 0 Å². The molecule has 1 aliphatic heterocycles. The zero-order valence-electron chi connectivity index (χ0n) is 13.6. The Morgan fingerprint density at radius 2 is 2.35 bits per heavy atom. The SMILES string of the molecule is CC(C)C(O)CCNC(=O)NC1CCN(c2ncccc2Cl)C1. The molecule has 0 aliphatic carbocycles. The van der Waals surface area contributed by atoms with Gasteiger partial charge >= 0.3 is 6.03 Å². The van der Waals surface area contributed by atoms with Crippen molar-refractivity contribution in [2.24, 2.45) is 5.92 Å². The second-order valence-electron chi connectivity index (χ2n) is 6.24. The van der Waals surface area contributed by atoms with Crippen LogP contribution in [0.4, 0.5) is 10.6 Å². The van der Waals surface area contributed by atoms with Crippen molar-refractivity contribution in [3.8, 4) is 0 Å². The lowest BCUT2D eigenvalue weighted by Crippen LogP contribution is -2.44. The summed E-state index contributed by atoms with van der Waals surface area (Å²) >= 11 is 6.15. The molecule has 23 heavy (non-hydrogen) atoms. The Hall–Kier alpha value is -1.53. The van der Waals surface area contributed by atoms with Gasteiger partial charge in [0.25, 0.3) is 0 Å². The van der Waals surface area contributed by atoms with Gasteiger partial charge in [0.2, 0.25) is 0 Å². The van der Waals surface area contributed by atoms with E-state index in [1.54, 1.807) is 12.3 Å². The molecule has 6 nitrogen and oxygen atoms in total. The summed E-state index contributed by atoms with van der Waals surface area (Å²) in [5.41, 5.74) is 0. The molecule has 1 aliphatic rings. The van der Waals surface area contributed by atoms with Crippen LogP contribution in [-0.4, -0.2) is 47.9 Å². The van der Waals surface area contributed by atoms with Crippen LogP contribution in [0.15, 0.2) is 18.3 Å². The van der Waals surface area contributed by atoms with Crippen molar-refractivity contribution in [3.05, 3.63) is 23.4 Å². The van der Waals surface area contributed by atoms with E-state index in [-0.39, 0.29) is 24.1 Å². The highest BCUT2D eigenvalue weighted by molar-refractivity contribution is 6.32.